The number of rotatable bonds is 3. The van der Waals surface area contributed by atoms with Crippen LogP contribution in [0.2, 0.25) is 0 Å². The van der Waals surface area contributed by atoms with Crippen LogP contribution < -0.4 is 10.5 Å². The van der Waals surface area contributed by atoms with E-state index in [1.807, 2.05) is 25.1 Å². The minimum absolute atomic E-state index is 0.259. The number of carbonyl (C=O) groups is 1. The summed E-state index contributed by atoms with van der Waals surface area (Å²) in [5.74, 6) is 0.697. The summed E-state index contributed by atoms with van der Waals surface area (Å²) in [6.45, 7) is 4.10. The standard InChI is InChI=1S/C18H19NO2/c1-11-7-14(4-3-13(11)10-18(19)20)15-5-6-17-16(9-15)8-12(2)21-17/h3-7,9,12H,8,10H2,1-2H3,(H2,19,20). The van der Waals surface area contributed by atoms with Crippen molar-refractivity contribution in [2.75, 3.05) is 0 Å². The molecule has 0 aromatic heterocycles. The zero-order valence-corrected chi connectivity index (χ0v) is 12.3. The number of hydrogen-bond donors (Lipinski definition) is 1. The van der Waals surface area contributed by atoms with Crippen molar-refractivity contribution in [3.05, 3.63) is 53.1 Å². The molecule has 3 rings (SSSR count). The smallest absolute Gasteiger partial charge is 0.221 e. The van der Waals surface area contributed by atoms with Crippen molar-refractivity contribution in [3.8, 4) is 16.9 Å². The maximum atomic E-state index is 11.0. The Morgan fingerprint density at radius 1 is 1.24 bits per heavy atom. The molecule has 0 saturated heterocycles. The molecule has 1 aliphatic heterocycles. The highest BCUT2D eigenvalue weighted by Crippen LogP contribution is 2.33. The monoisotopic (exact) mass is 281 g/mol. The molecule has 1 heterocycles. The number of fused-ring (bicyclic) bond motifs is 1. The highest BCUT2D eigenvalue weighted by Gasteiger charge is 2.19. The zero-order chi connectivity index (χ0) is 15.0. The average Bonchev–Trinajstić information content (AvgIpc) is 2.79. The van der Waals surface area contributed by atoms with Crippen LogP contribution in [0.4, 0.5) is 0 Å². The van der Waals surface area contributed by atoms with Gasteiger partial charge in [-0.2, -0.15) is 0 Å². The van der Waals surface area contributed by atoms with Gasteiger partial charge in [0.1, 0.15) is 11.9 Å². The van der Waals surface area contributed by atoms with Gasteiger partial charge in [0, 0.05) is 6.42 Å². The molecule has 0 bridgehead atoms. The van der Waals surface area contributed by atoms with E-state index in [0.717, 1.165) is 28.9 Å². The van der Waals surface area contributed by atoms with Crippen LogP contribution in [0.15, 0.2) is 36.4 Å². The Balaban J connectivity index is 1.93. The molecule has 2 aromatic rings. The van der Waals surface area contributed by atoms with Gasteiger partial charge in [-0.05, 0) is 53.8 Å². The van der Waals surface area contributed by atoms with Crippen molar-refractivity contribution in [2.45, 2.75) is 32.8 Å². The third kappa shape index (κ3) is 2.77. The molecule has 1 aliphatic rings. The Labute approximate surface area is 124 Å². The van der Waals surface area contributed by atoms with Crippen molar-refractivity contribution >= 4 is 5.91 Å². The molecule has 3 heteroatoms. The van der Waals surface area contributed by atoms with E-state index < -0.39 is 0 Å². The molecular formula is C18H19NO2. The van der Waals surface area contributed by atoms with Crippen LogP contribution in [0, 0.1) is 6.92 Å². The molecule has 2 N–H and O–H groups in total. The Morgan fingerprint density at radius 2 is 1.95 bits per heavy atom. The van der Waals surface area contributed by atoms with Gasteiger partial charge in [-0.1, -0.05) is 24.3 Å². The molecule has 3 nitrogen and oxygen atoms in total. The van der Waals surface area contributed by atoms with Crippen LogP contribution in [-0.2, 0) is 17.6 Å². The lowest BCUT2D eigenvalue weighted by Gasteiger charge is -2.09. The number of hydrogen-bond acceptors (Lipinski definition) is 2. The molecule has 0 saturated carbocycles. The molecule has 2 aromatic carbocycles. The minimum Gasteiger partial charge on any atom is -0.490 e. The normalized spacial score (nSPS) is 16.4. The predicted molar refractivity (Wildman–Crippen MR) is 83.3 cm³/mol. The summed E-state index contributed by atoms with van der Waals surface area (Å²) in [5.41, 5.74) is 10.9. The van der Waals surface area contributed by atoms with Crippen LogP contribution in [-0.4, -0.2) is 12.0 Å². The van der Waals surface area contributed by atoms with Gasteiger partial charge >= 0.3 is 0 Å². The molecule has 21 heavy (non-hydrogen) atoms. The fraction of sp³-hybridized carbons (Fsp3) is 0.278. The molecule has 0 fully saturated rings. The average molecular weight is 281 g/mol. The van der Waals surface area contributed by atoms with Crippen molar-refractivity contribution in [1.29, 1.82) is 0 Å². The first-order chi connectivity index (χ1) is 10.0. The van der Waals surface area contributed by atoms with E-state index in [4.69, 9.17) is 10.5 Å². The van der Waals surface area contributed by atoms with E-state index in [0.29, 0.717) is 6.42 Å². The number of benzene rings is 2. The van der Waals surface area contributed by atoms with Crippen molar-refractivity contribution in [2.24, 2.45) is 5.73 Å². The number of nitrogens with two attached hydrogens (primary N) is 1. The summed E-state index contributed by atoms with van der Waals surface area (Å²) < 4.78 is 5.73. The summed E-state index contributed by atoms with van der Waals surface area (Å²) >= 11 is 0. The molecule has 1 unspecified atom stereocenters. The number of primary amides is 1. The highest BCUT2D eigenvalue weighted by molar-refractivity contribution is 5.77. The van der Waals surface area contributed by atoms with Crippen LogP contribution in [0.3, 0.4) is 0 Å². The lowest BCUT2D eigenvalue weighted by Crippen LogP contribution is -2.14. The quantitative estimate of drug-likeness (QED) is 0.940. The van der Waals surface area contributed by atoms with Gasteiger partial charge < -0.3 is 10.5 Å². The fourth-order valence-corrected chi connectivity index (χ4v) is 2.86. The second kappa shape index (κ2) is 5.24. The summed E-state index contributed by atoms with van der Waals surface area (Å²) in [6, 6.07) is 12.5. The van der Waals surface area contributed by atoms with E-state index in [1.54, 1.807) is 0 Å². The third-order valence-electron chi connectivity index (χ3n) is 3.94. The SMILES string of the molecule is Cc1cc(-c2ccc3c(c2)CC(C)O3)ccc1CC(N)=O. The Bertz CT molecular complexity index is 706. The lowest BCUT2D eigenvalue weighted by molar-refractivity contribution is -0.117. The van der Waals surface area contributed by atoms with Gasteiger partial charge in [0.05, 0.1) is 6.42 Å². The maximum absolute atomic E-state index is 11.0. The largest absolute Gasteiger partial charge is 0.490 e. The van der Waals surface area contributed by atoms with Gasteiger partial charge in [-0.3, -0.25) is 4.79 Å². The van der Waals surface area contributed by atoms with Crippen molar-refractivity contribution in [1.82, 2.24) is 0 Å². The maximum Gasteiger partial charge on any atom is 0.221 e. The van der Waals surface area contributed by atoms with Crippen molar-refractivity contribution < 1.29 is 9.53 Å². The summed E-state index contributed by atoms with van der Waals surface area (Å²) in [7, 11) is 0. The Morgan fingerprint density at radius 3 is 2.67 bits per heavy atom. The van der Waals surface area contributed by atoms with E-state index in [9.17, 15) is 4.79 Å². The second-order valence-electron chi connectivity index (χ2n) is 5.74. The highest BCUT2D eigenvalue weighted by atomic mass is 16.5. The van der Waals surface area contributed by atoms with Crippen LogP contribution >= 0.6 is 0 Å². The van der Waals surface area contributed by atoms with Crippen molar-refractivity contribution in [3.63, 3.8) is 0 Å². The van der Waals surface area contributed by atoms with Gasteiger partial charge in [-0.25, -0.2) is 0 Å². The first-order valence-corrected chi connectivity index (χ1v) is 7.20. The molecule has 1 amide bonds. The second-order valence-corrected chi connectivity index (χ2v) is 5.74. The number of ether oxygens (including phenoxy) is 1. The van der Waals surface area contributed by atoms with Gasteiger partial charge in [0.15, 0.2) is 0 Å². The van der Waals surface area contributed by atoms with Gasteiger partial charge in [0.25, 0.3) is 0 Å². The van der Waals surface area contributed by atoms with Crippen LogP contribution in [0.25, 0.3) is 11.1 Å². The summed E-state index contributed by atoms with van der Waals surface area (Å²) in [4.78, 5) is 11.0. The fourth-order valence-electron chi connectivity index (χ4n) is 2.86. The molecule has 0 aliphatic carbocycles. The third-order valence-corrected chi connectivity index (χ3v) is 3.94. The lowest BCUT2D eigenvalue weighted by atomic mass is 9.96. The Kier molecular flexibility index (Phi) is 3.42. The topological polar surface area (TPSA) is 52.3 Å². The minimum atomic E-state index is -0.297. The molecule has 1 atom stereocenters. The molecular weight excluding hydrogens is 262 g/mol. The van der Waals surface area contributed by atoms with E-state index in [1.165, 1.54) is 11.1 Å². The first-order valence-electron chi connectivity index (χ1n) is 7.20. The van der Waals surface area contributed by atoms with Gasteiger partial charge in [-0.15, -0.1) is 0 Å². The first kappa shape index (κ1) is 13.7. The molecule has 108 valence electrons. The molecule has 0 radical (unpaired) electrons. The number of amides is 1. The summed E-state index contributed by atoms with van der Waals surface area (Å²) in [6.07, 6.45) is 1.51. The number of carbonyl (C=O) groups excluding carboxylic acids is 1. The number of aryl methyl sites for hydroxylation is 1. The molecule has 0 spiro atoms. The zero-order valence-electron chi connectivity index (χ0n) is 12.3. The van der Waals surface area contributed by atoms with E-state index in [2.05, 4.69) is 25.1 Å². The van der Waals surface area contributed by atoms with Crippen LogP contribution in [0.5, 0.6) is 5.75 Å². The van der Waals surface area contributed by atoms with Crippen LogP contribution in [0.1, 0.15) is 23.6 Å². The van der Waals surface area contributed by atoms with E-state index >= 15 is 0 Å². The predicted octanol–water partition coefficient (Wildman–Crippen LogP) is 3.01. The van der Waals surface area contributed by atoms with E-state index in [-0.39, 0.29) is 12.0 Å². The van der Waals surface area contributed by atoms with Gasteiger partial charge in [0.2, 0.25) is 5.91 Å². The Hall–Kier alpha value is -2.29. The summed E-state index contributed by atoms with van der Waals surface area (Å²) in [5, 5.41) is 0.